The van der Waals surface area contributed by atoms with Gasteiger partial charge in [-0.15, -0.1) is 10.2 Å². The molecule has 130 valence electrons. The SMILES string of the molecule is CCNC(=NCc1nnc2ccccn12)NCCc1ccc(C)nc1. The molecule has 3 aromatic heterocycles. The molecule has 0 saturated heterocycles. The van der Waals surface area contributed by atoms with Crippen molar-refractivity contribution in [2.24, 2.45) is 4.99 Å². The van der Waals surface area contributed by atoms with E-state index in [4.69, 9.17) is 0 Å². The Morgan fingerprint density at radius 2 is 2.08 bits per heavy atom. The van der Waals surface area contributed by atoms with E-state index in [-0.39, 0.29) is 0 Å². The van der Waals surface area contributed by atoms with Gasteiger partial charge in [-0.05, 0) is 44.0 Å². The van der Waals surface area contributed by atoms with Gasteiger partial charge in [-0.1, -0.05) is 12.1 Å². The first kappa shape index (κ1) is 16.9. The van der Waals surface area contributed by atoms with Crippen molar-refractivity contribution in [1.29, 1.82) is 0 Å². The summed E-state index contributed by atoms with van der Waals surface area (Å²) in [6, 6.07) is 9.98. The van der Waals surface area contributed by atoms with Gasteiger partial charge in [-0.25, -0.2) is 4.99 Å². The zero-order valence-electron chi connectivity index (χ0n) is 14.6. The first-order chi connectivity index (χ1) is 12.3. The second kappa shape index (κ2) is 8.23. The van der Waals surface area contributed by atoms with Crippen molar-refractivity contribution in [3.63, 3.8) is 0 Å². The molecule has 0 aliphatic rings. The zero-order valence-corrected chi connectivity index (χ0v) is 14.6. The van der Waals surface area contributed by atoms with Crippen LogP contribution in [-0.2, 0) is 13.0 Å². The number of aryl methyl sites for hydroxylation is 1. The maximum atomic E-state index is 4.61. The number of fused-ring (bicyclic) bond motifs is 1. The lowest BCUT2D eigenvalue weighted by Gasteiger charge is -2.11. The maximum Gasteiger partial charge on any atom is 0.191 e. The molecule has 2 N–H and O–H groups in total. The Hall–Kier alpha value is -2.96. The van der Waals surface area contributed by atoms with Crippen molar-refractivity contribution in [2.75, 3.05) is 13.1 Å². The molecule has 25 heavy (non-hydrogen) atoms. The summed E-state index contributed by atoms with van der Waals surface area (Å²) >= 11 is 0. The fourth-order valence-corrected chi connectivity index (χ4v) is 2.46. The van der Waals surface area contributed by atoms with Crippen LogP contribution in [0.3, 0.4) is 0 Å². The van der Waals surface area contributed by atoms with E-state index in [1.807, 2.05) is 54.9 Å². The molecular formula is C18H23N7. The third kappa shape index (κ3) is 4.53. The highest BCUT2D eigenvalue weighted by atomic mass is 15.3. The van der Waals surface area contributed by atoms with Gasteiger partial charge in [0.25, 0.3) is 0 Å². The molecule has 0 unspecified atom stereocenters. The Bertz CT molecular complexity index is 836. The van der Waals surface area contributed by atoms with E-state index < -0.39 is 0 Å². The number of hydrogen-bond acceptors (Lipinski definition) is 4. The minimum atomic E-state index is 0.465. The fourth-order valence-electron chi connectivity index (χ4n) is 2.46. The van der Waals surface area contributed by atoms with Crippen LogP contribution in [0.4, 0.5) is 0 Å². The average molecular weight is 337 g/mol. The second-order valence-electron chi connectivity index (χ2n) is 5.72. The molecule has 0 fully saturated rings. The van der Waals surface area contributed by atoms with Gasteiger partial charge in [0.05, 0.1) is 0 Å². The van der Waals surface area contributed by atoms with Gasteiger partial charge >= 0.3 is 0 Å². The van der Waals surface area contributed by atoms with E-state index in [1.165, 1.54) is 5.56 Å². The zero-order chi connectivity index (χ0) is 17.5. The highest BCUT2D eigenvalue weighted by Gasteiger charge is 2.04. The lowest BCUT2D eigenvalue weighted by Crippen LogP contribution is -2.38. The molecule has 0 saturated carbocycles. The highest BCUT2D eigenvalue weighted by Crippen LogP contribution is 2.04. The van der Waals surface area contributed by atoms with E-state index >= 15 is 0 Å². The van der Waals surface area contributed by atoms with E-state index in [0.717, 1.165) is 42.6 Å². The molecule has 0 aromatic carbocycles. The molecule has 0 atom stereocenters. The van der Waals surface area contributed by atoms with E-state index in [2.05, 4.69) is 36.9 Å². The molecule has 3 rings (SSSR count). The number of rotatable bonds is 6. The minimum Gasteiger partial charge on any atom is -0.357 e. The first-order valence-electron chi connectivity index (χ1n) is 8.48. The molecule has 0 amide bonds. The maximum absolute atomic E-state index is 4.61. The molecule has 3 heterocycles. The van der Waals surface area contributed by atoms with Crippen LogP contribution in [0, 0.1) is 6.92 Å². The molecule has 0 aliphatic heterocycles. The molecule has 0 radical (unpaired) electrons. The lowest BCUT2D eigenvalue weighted by atomic mass is 10.2. The van der Waals surface area contributed by atoms with Gasteiger partial charge in [0.1, 0.15) is 6.54 Å². The predicted molar refractivity (Wildman–Crippen MR) is 98.5 cm³/mol. The normalized spacial score (nSPS) is 11.7. The monoisotopic (exact) mass is 337 g/mol. The molecule has 7 nitrogen and oxygen atoms in total. The number of pyridine rings is 2. The number of nitrogens with zero attached hydrogens (tertiary/aromatic N) is 5. The van der Waals surface area contributed by atoms with E-state index in [1.54, 1.807) is 0 Å². The standard InChI is InChI=1S/C18H23N7/c1-3-19-18(20-10-9-15-8-7-14(2)21-12-15)22-13-17-24-23-16-6-4-5-11-25(16)17/h4-8,11-12H,3,9-10,13H2,1-2H3,(H2,19,20,22). The third-order valence-corrected chi connectivity index (χ3v) is 3.79. The highest BCUT2D eigenvalue weighted by molar-refractivity contribution is 5.79. The van der Waals surface area contributed by atoms with Crippen LogP contribution in [-0.4, -0.2) is 38.6 Å². The number of nitrogens with one attached hydrogen (secondary N) is 2. The molecule has 0 spiro atoms. The molecular weight excluding hydrogens is 314 g/mol. The largest absolute Gasteiger partial charge is 0.357 e. The Balaban J connectivity index is 1.60. The van der Waals surface area contributed by atoms with Crippen molar-refractivity contribution < 1.29 is 0 Å². The summed E-state index contributed by atoms with van der Waals surface area (Å²) in [4.78, 5) is 8.93. The fraction of sp³-hybridized carbons (Fsp3) is 0.333. The Labute approximate surface area is 147 Å². The predicted octanol–water partition coefficient (Wildman–Crippen LogP) is 1.73. The smallest absolute Gasteiger partial charge is 0.191 e. The van der Waals surface area contributed by atoms with Crippen LogP contribution < -0.4 is 10.6 Å². The summed E-state index contributed by atoms with van der Waals surface area (Å²) in [6.07, 6.45) is 4.76. The van der Waals surface area contributed by atoms with Gasteiger partial charge in [-0.2, -0.15) is 0 Å². The summed E-state index contributed by atoms with van der Waals surface area (Å²) < 4.78 is 1.95. The van der Waals surface area contributed by atoms with Crippen LogP contribution in [0.5, 0.6) is 0 Å². The van der Waals surface area contributed by atoms with Crippen LogP contribution in [0.15, 0.2) is 47.7 Å². The summed E-state index contributed by atoms with van der Waals surface area (Å²) in [7, 11) is 0. The molecule has 3 aromatic rings. The Kier molecular flexibility index (Phi) is 5.56. The van der Waals surface area contributed by atoms with Crippen LogP contribution >= 0.6 is 0 Å². The number of aromatic nitrogens is 4. The Morgan fingerprint density at radius 1 is 1.16 bits per heavy atom. The van der Waals surface area contributed by atoms with Crippen LogP contribution in [0.25, 0.3) is 5.65 Å². The Morgan fingerprint density at radius 3 is 2.88 bits per heavy atom. The molecule has 0 bridgehead atoms. The van der Waals surface area contributed by atoms with Gasteiger partial charge in [0, 0.05) is 31.2 Å². The summed E-state index contributed by atoms with van der Waals surface area (Å²) in [5.74, 6) is 1.59. The summed E-state index contributed by atoms with van der Waals surface area (Å²) in [6.45, 7) is 6.10. The summed E-state index contributed by atoms with van der Waals surface area (Å²) in [5.41, 5.74) is 3.07. The van der Waals surface area contributed by atoms with Gasteiger partial charge in [0.2, 0.25) is 0 Å². The minimum absolute atomic E-state index is 0.465. The molecule has 7 heteroatoms. The number of guanidine groups is 1. The average Bonchev–Trinajstić information content (AvgIpc) is 3.04. The number of aliphatic imine (C=N–C) groups is 1. The van der Waals surface area contributed by atoms with Crippen LogP contribution in [0.2, 0.25) is 0 Å². The topological polar surface area (TPSA) is 79.5 Å². The second-order valence-corrected chi connectivity index (χ2v) is 5.72. The molecule has 0 aliphatic carbocycles. The van der Waals surface area contributed by atoms with E-state index in [9.17, 15) is 0 Å². The van der Waals surface area contributed by atoms with E-state index in [0.29, 0.717) is 6.54 Å². The summed E-state index contributed by atoms with van der Waals surface area (Å²) in [5, 5.41) is 15.0. The number of hydrogen-bond donors (Lipinski definition) is 2. The van der Waals surface area contributed by atoms with Crippen molar-refractivity contribution in [2.45, 2.75) is 26.8 Å². The van der Waals surface area contributed by atoms with Crippen molar-refractivity contribution in [3.8, 4) is 0 Å². The van der Waals surface area contributed by atoms with Crippen molar-refractivity contribution in [1.82, 2.24) is 30.2 Å². The quantitative estimate of drug-likeness (QED) is 0.529. The van der Waals surface area contributed by atoms with Gasteiger partial charge in [0.15, 0.2) is 17.4 Å². The van der Waals surface area contributed by atoms with Crippen molar-refractivity contribution >= 4 is 11.6 Å². The third-order valence-electron chi connectivity index (χ3n) is 3.79. The lowest BCUT2D eigenvalue weighted by molar-refractivity contribution is 0.786. The first-order valence-corrected chi connectivity index (χ1v) is 8.48. The van der Waals surface area contributed by atoms with Gasteiger partial charge < -0.3 is 10.6 Å². The van der Waals surface area contributed by atoms with Crippen LogP contribution in [0.1, 0.15) is 24.0 Å². The van der Waals surface area contributed by atoms with Gasteiger partial charge in [-0.3, -0.25) is 9.38 Å². The van der Waals surface area contributed by atoms with Crippen molar-refractivity contribution in [3.05, 3.63) is 59.8 Å².